The number of aliphatic hydroxyl groups is 1. The lowest BCUT2D eigenvalue weighted by atomic mass is 10.1. The van der Waals surface area contributed by atoms with E-state index in [0.29, 0.717) is 11.3 Å². The maximum atomic E-state index is 11.8. The van der Waals surface area contributed by atoms with Gasteiger partial charge in [0.25, 0.3) is 0 Å². The van der Waals surface area contributed by atoms with Crippen LogP contribution in [-0.2, 0) is 10.0 Å². The largest absolute Gasteiger partial charge is 0.384 e. The van der Waals surface area contributed by atoms with Gasteiger partial charge in [0.1, 0.15) is 6.61 Å². The molecule has 19 heavy (non-hydrogen) atoms. The number of hydrogen-bond donors (Lipinski definition) is 2. The molecule has 0 fully saturated rings. The van der Waals surface area contributed by atoms with E-state index in [1.54, 1.807) is 31.2 Å². The van der Waals surface area contributed by atoms with Crippen LogP contribution in [0.4, 0.5) is 5.69 Å². The van der Waals surface area contributed by atoms with Gasteiger partial charge in [0, 0.05) is 5.56 Å². The number of rotatable bonds is 3. The van der Waals surface area contributed by atoms with Crippen molar-refractivity contribution in [3.8, 4) is 17.9 Å². The Morgan fingerprint density at radius 1 is 1.42 bits per heavy atom. The second-order valence-electron chi connectivity index (χ2n) is 3.97. The lowest BCUT2D eigenvalue weighted by molar-refractivity contribution is 0.350. The zero-order chi connectivity index (χ0) is 14.5. The minimum Gasteiger partial charge on any atom is -0.384 e. The summed E-state index contributed by atoms with van der Waals surface area (Å²) in [6.07, 6.45) is 0. The highest BCUT2D eigenvalue weighted by Crippen LogP contribution is 2.16. The molecule has 0 spiro atoms. The first-order valence-corrected chi connectivity index (χ1v) is 7.06. The van der Waals surface area contributed by atoms with E-state index in [0.717, 1.165) is 5.56 Å². The predicted octanol–water partition coefficient (Wildman–Crippen LogP) is 0.993. The minimum absolute atomic E-state index is 0.263. The van der Waals surface area contributed by atoms with E-state index in [9.17, 15) is 8.42 Å². The molecule has 0 aliphatic heterocycles. The van der Waals surface area contributed by atoms with Gasteiger partial charge in [0.2, 0.25) is 10.0 Å². The molecule has 6 heteroatoms. The fourth-order valence-electron chi connectivity index (χ4n) is 1.38. The zero-order valence-electron chi connectivity index (χ0n) is 10.6. The number of nitrogens with zero attached hydrogens (tertiary/aromatic N) is 1. The van der Waals surface area contributed by atoms with Gasteiger partial charge < -0.3 is 5.11 Å². The lowest BCUT2D eigenvalue weighted by Crippen LogP contribution is -2.23. The predicted molar refractivity (Wildman–Crippen MR) is 72.8 cm³/mol. The maximum absolute atomic E-state index is 11.8. The van der Waals surface area contributed by atoms with E-state index < -0.39 is 15.3 Å². The molecule has 5 nitrogen and oxygen atoms in total. The van der Waals surface area contributed by atoms with E-state index in [1.165, 1.54) is 6.92 Å². The van der Waals surface area contributed by atoms with E-state index in [2.05, 4.69) is 16.6 Å². The summed E-state index contributed by atoms with van der Waals surface area (Å²) < 4.78 is 25.9. The van der Waals surface area contributed by atoms with Gasteiger partial charge in [-0.05, 0) is 37.6 Å². The Hall–Kier alpha value is -2.02. The number of aryl methyl sites for hydroxylation is 1. The Morgan fingerprint density at radius 2 is 2.11 bits per heavy atom. The fraction of sp³-hybridized carbons (Fsp3) is 0.308. The summed E-state index contributed by atoms with van der Waals surface area (Å²) in [6, 6.07) is 6.65. The second-order valence-corrected chi connectivity index (χ2v) is 5.97. The van der Waals surface area contributed by atoms with Crippen molar-refractivity contribution in [1.82, 2.24) is 0 Å². The third kappa shape index (κ3) is 4.29. The first kappa shape index (κ1) is 15.0. The molecule has 1 aromatic carbocycles. The van der Waals surface area contributed by atoms with Gasteiger partial charge in [0.05, 0.1) is 11.8 Å². The molecule has 0 amide bonds. The van der Waals surface area contributed by atoms with Crippen molar-refractivity contribution in [3.63, 3.8) is 0 Å². The summed E-state index contributed by atoms with van der Waals surface area (Å²) in [5.74, 6) is 5.20. The van der Waals surface area contributed by atoms with Crippen LogP contribution in [0.3, 0.4) is 0 Å². The second kappa shape index (κ2) is 6.24. The SMILES string of the molecule is Cc1cc(C#CCO)cc(NS(=O)(=O)C(C)C#N)c1. The van der Waals surface area contributed by atoms with Crippen LogP contribution in [0.15, 0.2) is 18.2 Å². The van der Waals surface area contributed by atoms with Crippen molar-refractivity contribution in [2.75, 3.05) is 11.3 Å². The molecule has 0 aromatic heterocycles. The molecule has 0 heterocycles. The standard InChI is InChI=1S/C13H14N2O3S/c1-10-6-12(4-3-5-16)8-13(7-10)15-19(17,18)11(2)9-14/h6-8,11,15-16H,5H2,1-2H3. The third-order valence-corrected chi connectivity index (χ3v) is 3.85. The van der Waals surface area contributed by atoms with E-state index in [-0.39, 0.29) is 6.61 Å². The van der Waals surface area contributed by atoms with Gasteiger partial charge in [-0.3, -0.25) is 4.72 Å². The molecule has 1 atom stereocenters. The molecule has 2 N–H and O–H groups in total. The molecular formula is C13H14N2O3S. The molecule has 0 radical (unpaired) electrons. The monoisotopic (exact) mass is 278 g/mol. The van der Waals surface area contributed by atoms with Crippen LogP contribution in [0.5, 0.6) is 0 Å². The van der Waals surface area contributed by atoms with Gasteiger partial charge in [-0.1, -0.05) is 11.8 Å². The average molecular weight is 278 g/mol. The summed E-state index contributed by atoms with van der Waals surface area (Å²) in [7, 11) is -3.73. The van der Waals surface area contributed by atoms with Gasteiger partial charge in [0.15, 0.2) is 5.25 Å². The molecule has 0 saturated heterocycles. The lowest BCUT2D eigenvalue weighted by Gasteiger charge is -2.10. The number of benzene rings is 1. The Bertz CT molecular complexity index is 663. The topological polar surface area (TPSA) is 90.2 Å². The highest BCUT2D eigenvalue weighted by atomic mass is 32.2. The smallest absolute Gasteiger partial charge is 0.248 e. The number of sulfonamides is 1. The minimum atomic E-state index is -3.73. The molecule has 1 aromatic rings. The number of anilines is 1. The Morgan fingerprint density at radius 3 is 2.68 bits per heavy atom. The summed E-state index contributed by atoms with van der Waals surface area (Å²) in [4.78, 5) is 0. The highest BCUT2D eigenvalue weighted by molar-refractivity contribution is 7.93. The first-order valence-electron chi connectivity index (χ1n) is 5.51. The summed E-state index contributed by atoms with van der Waals surface area (Å²) in [5.41, 5.74) is 1.77. The van der Waals surface area contributed by atoms with Crippen LogP contribution in [0.2, 0.25) is 0 Å². The molecule has 0 aliphatic carbocycles. The van der Waals surface area contributed by atoms with Crippen LogP contribution in [0.25, 0.3) is 0 Å². The van der Waals surface area contributed by atoms with Crippen molar-refractivity contribution < 1.29 is 13.5 Å². The highest BCUT2D eigenvalue weighted by Gasteiger charge is 2.20. The molecule has 1 rings (SSSR count). The molecule has 1 unspecified atom stereocenters. The normalized spacial score (nSPS) is 11.9. The van der Waals surface area contributed by atoms with Gasteiger partial charge in [-0.15, -0.1) is 0 Å². The van der Waals surface area contributed by atoms with Crippen molar-refractivity contribution in [3.05, 3.63) is 29.3 Å². The molecule has 0 saturated carbocycles. The number of nitriles is 1. The quantitative estimate of drug-likeness (QED) is 0.807. The third-order valence-electron chi connectivity index (χ3n) is 2.30. The summed E-state index contributed by atoms with van der Waals surface area (Å²) in [5, 5.41) is 16.2. The van der Waals surface area contributed by atoms with Crippen LogP contribution >= 0.6 is 0 Å². The molecule has 100 valence electrons. The van der Waals surface area contributed by atoms with Crippen molar-refractivity contribution in [1.29, 1.82) is 5.26 Å². The zero-order valence-corrected chi connectivity index (χ0v) is 11.5. The molecule has 0 aliphatic rings. The number of hydrogen-bond acceptors (Lipinski definition) is 4. The van der Waals surface area contributed by atoms with Gasteiger partial charge in [-0.2, -0.15) is 5.26 Å². The Labute approximate surface area is 112 Å². The Balaban J connectivity index is 3.10. The van der Waals surface area contributed by atoms with Crippen LogP contribution in [-0.4, -0.2) is 25.4 Å². The van der Waals surface area contributed by atoms with Crippen LogP contribution in [0, 0.1) is 30.1 Å². The first-order chi connectivity index (χ1) is 8.89. The van der Waals surface area contributed by atoms with E-state index in [4.69, 9.17) is 10.4 Å². The van der Waals surface area contributed by atoms with Crippen LogP contribution < -0.4 is 4.72 Å². The Kier molecular flexibility index (Phi) is 4.94. The van der Waals surface area contributed by atoms with Gasteiger partial charge in [-0.25, -0.2) is 8.42 Å². The van der Waals surface area contributed by atoms with Gasteiger partial charge >= 0.3 is 0 Å². The number of aliphatic hydroxyl groups excluding tert-OH is 1. The van der Waals surface area contributed by atoms with E-state index in [1.807, 2.05) is 0 Å². The number of nitrogens with one attached hydrogen (secondary N) is 1. The van der Waals surface area contributed by atoms with E-state index >= 15 is 0 Å². The maximum Gasteiger partial charge on any atom is 0.248 e. The molecular weight excluding hydrogens is 264 g/mol. The summed E-state index contributed by atoms with van der Waals surface area (Å²) in [6.45, 7) is 2.85. The average Bonchev–Trinajstić information content (AvgIpc) is 2.34. The van der Waals surface area contributed by atoms with Crippen LogP contribution in [0.1, 0.15) is 18.1 Å². The fourth-order valence-corrected chi connectivity index (χ4v) is 2.14. The van der Waals surface area contributed by atoms with Crippen molar-refractivity contribution in [2.24, 2.45) is 0 Å². The summed E-state index contributed by atoms with van der Waals surface area (Å²) >= 11 is 0. The van der Waals surface area contributed by atoms with Crippen molar-refractivity contribution >= 4 is 15.7 Å². The van der Waals surface area contributed by atoms with Crippen molar-refractivity contribution in [2.45, 2.75) is 19.1 Å². The molecule has 0 bridgehead atoms.